The van der Waals surface area contributed by atoms with Gasteiger partial charge in [0.05, 0.1) is 6.61 Å². The van der Waals surface area contributed by atoms with E-state index < -0.39 is 0 Å². The van der Waals surface area contributed by atoms with Crippen molar-refractivity contribution in [2.24, 2.45) is 0 Å². The van der Waals surface area contributed by atoms with Crippen molar-refractivity contribution in [1.29, 1.82) is 0 Å². The van der Waals surface area contributed by atoms with Crippen LogP contribution in [0.1, 0.15) is 20.3 Å². The van der Waals surface area contributed by atoms with Crippen LogP contribution < -0.4 is 0 Å². The van der Waals surface area contributed by atoms with Crippen LogP contribution in [-0.2, 0) is 4.74 Å². The van der Waals surface area contributed by atoms with Gasteiger partial charge in [-0.1, -0.05) is 13.0 Å². The third kappa shape index (κ3) is 5.67. The summed E-state index contributed by atoms with van der Waals surface area (Å²) in [5.41, 5.74) is 0. The lowest BCUT2D eigenvalue weighted by atomic mass is 10.3. The quantitative estimate of drug-likeness (QED) is 0.486. The van der Waals surface area contributed by atoms with E-state index in [0.29, 0.717) is 6.61 Å². The molecule has 0 aromatic rings. The van der Waals surface area contributed by atoms with Crippen LogP contribution >= 0.6 is 0 Å². The molecule has 0 aromatic carbocycles. The maximum atomic E-state index is 8.46. The molecule has 64 valence electrons. The topological polar surface area (TPSA) is 29.5 Å². The van der Waals surface area contributed by atoms with E-state index in [9.17, 15) is 0 Å². The highest BCUT2D eigenvalue weighted by Crippen LogP contribution is 1.99. The third-order valence-electron chi connectivity index (χ3n) is 1.16. The Morgan fingerprint density at radius 2 is 2.27 bits per heavy atom. The van der Waals surface area contributed by atoms with Crippen LogP contribution in [0.5, 0.6) is 0 Å². The van der Waals surface area contributed by atoms with Gasteiger partial charge in [0, 0.05) is 0 Å². The minimum atomic E-state index is 0.0668. The molecule has 0 fully saturated rings. The number of hydrogen-bond donors (Lipinski definition) is 1. The summed E-state index contributed by atoms with van der Waals surface area (Å²) in [6, 6.07) is 0. The van der Waals surface area contributed by atoms with Crippen molar-refractivity contribution in [2.45, 2.75) is 20.3 Å². The van der Waals surface area contributed by atoms with Gasteiger partial charge < -0.3 is 9.84 Å². The second kappa shape index (κ2) is 7.35. The van der Waals surface area contributed by atoms with E-state index in [1.54, 1.807) is 0 Å². The van der Waals surface area contributed by atoms with E-state index in [1.165, 1.54) is 0 Å². The summed E-state index contributed by atoms with van der Waals surface area (Å²) in [7, 11) is 0. The summed E-state index contributed by atoms with van der Waals surface area (Å²) >= 11 is 0. The van der Waals surface area contributed by atoms with E-state index in [0.717, 1.165) is 12.2 Å². The molecule has 0 aliphatic carbocycles. The zero-order valence-electron chi connectivity index (χ0n) is 7.21. The van der Waals surface area contributed by atoms with Crippen LogP contribution in [0.3, 0.4) is 0 Å². The Kier molecular flexibility index (Phi) is 6.84. The van der Waals surface area contributed by atoms with Crippen LogP contribution in [0.2, 0.25) is 0 Å². The van der Waals surface area contributed by atoms with Crippen LogP contribution in [-0.4, -0.2) is 18.3 Å². The van der Waals surface area contributed by atoms with Crippen molar-refractivity contribution in [1.82, 2.24) is 0 Å². The monoisotopic (exact) mass is 156 g/mol. The Labute approximate surface area is 68.2 Å². The van der Waals surface area contributed by atoms with Crippen molar-refractivity contribution in [3.8, 4) is 0 Å². The predicted octanol–water partition coefficient (Wildman–Crippen LogP) is 1.87. The maximum Gasteiger partial charge on any atom is 0.114 e. The highest BCUT2D eigenvalue weighted by Gasteiger charge is 1.88. The molecule has 1 N–H and O–H groups in total. The number of hydrogen-bond acceptors (Lipinski definition) is 2. The number of allylic oxidation sites excluding steroid dienone is 3. The van der Waals surface area contributed by atoms with Crippen molar-refractivity contribution >= 4 is 0 Å². The van der Waals surface area contributed by atoms with E-state index >= 15 is 0 Å². The smallest absolute Gasteiger partial charge is 0.114 e. The third-order valence-corrected chi connectivity index (χ3v) is 1.16. The Bertz CT molecular complexity index is 136. The second-order valence-corrected chi connectivity index (χ2v) is 2.07. The average Bonchev–Trinajstić information content (AvgIpc) is 2.05. The SMILES string of the molecule is CC=C(C=CCC)OCCO. The second-order valence-electron chi connectivity index (χ2n) is 2.07. The van der Waals surface area contributed by atoms with E-state index in [-0.39, 0.29) is 6.61 Å². The van der Waals surface area contributed by atoms with Crippen molar-refractivity contribution in [2.75, 3.05) is 13.2 Å². The molecule has 0 aliphatic heterocycles. The molecular formula is C9H16O2. The first-order chi connectivity index (χ1) is 5.35. The lowest BCUT2D eigenvalue weighted by Gasteiger charge is -2.02. The van der Waals surface area contributed by atoms with Crippen LogP contribution in [0, 0.1) is 0 Å². The Morgan fingerprint density at radius 1 is 1.55 bits per heavy atom. The summed E-state index contributed by atoms with van der Waals surface area (Å²) in [6.07, 6.45) is 6.81. The molecule has 2 nitrogen and oxygen atoms in total. The summed E-state index contributed by atoms with van der Waals surface area (Å²) < 4.78 is 5.17. The highest BCUT2D eigenvalue weighted by molar-refractivity contribution is 5.10. The van der Waals surface area contributed by atoms with Crippen LogP contribution in [0.25, 0.3) is 0 Å². The lowest BCUT2D eigenvalue weighted by molar-refractivity contribution is 0.152. The summed E-state index contributed by atoms with van der Waals surface area (Å²) in [5.74, 6) is 0.820. The molecule has 0 spiro atoms. The zero-order valence-corrected chi connectivity index (χ0v) is 7.21. The Balaban J connectivity index is 3.68. The largest absolute Gasteiger partial charge is 0.492 e. The number of rotatable bonds is 5. The van der Waals surface area contributed by atoms with Crippen LogP contribution in [0.15, 0.2) is 24.0 Å². The highest BCUT2D eigenvalue weighted by atomic mass is 16.5. The zero-order chi connectivity index (χ0) is 8.53. The summed E-state index contributed by atoms with van der Waals surface area (Å²) in [6.45, 7) is 4.41. The average molecular weight is 156 g/mol. The number of ether oxygens (including phenoxy) is 1. The fraction of sp³-hybridized carbons (Fsp3) is 0.556. The maximum absolute atomic E-state index is 8.46. The van der Waals surface area contributed by atoms with Gasteiger partial charge in [-0.25, -0.2) is 0 Å². The minimum absolute atomic E-state index is 0.0668. The molecule has 0 saturated carbocycles. The molecular weight excluding hydrogens is 140 g/mol. The fourth-order valence-corrected chi connectivity index (χ4v) is 0.625. The standard InChI is InChI=1S/C9H16O2/c1-3-5-6-9(4-2)11-8-7-10/h4-6,10H,3,7-8H2,1-2H3. The Hall–Kier alpha value is -0.760. The van der Waals surface area contributed by atoms with E-state index in [4.69, 9.17) is 9.84 Å². The fourth-order valence-electron chi connectivity index (χ4n) is 0.625. The van der Waals surface area contributed by atoms with Gasteiger partial charge in [0.1, 0.15) is 12.4 Å². The van der Waals surface area contributed by atoms with E-state index in [2.05, 4.69) is 6.92 Å². The predicted molar refractivity (Wildman–Crippen MR) is 46.2 cm³/mol. The van der Waals surface area contributed by atoms with E-state index in [1.807, 2.05) is 25.2 Å². The molecule has 0 rings (SSSR count). The molecule has 11 heavy (non-hydrogen) atoms. The molecule has 0 unspecified atom stereocenters. The van der Waals surface area contributed by atoms with Gasteiger partial charge in [0.15, 0.2) is 0 Å². The molecule has 0 atom stereocenters. The van der Waals surface area contributed by atoms with Gasteiger partial charge in [-0.05, 0) is 25.5 Å². The first-order valence-corrected chi connectivity index (χ1v) is 3.91. The van der Waals surface area contributed by atoms with Crippen molar-refractivity contribution < 1.29 is 9.84 Å². The Morgan fingerprint density at radius 3 is 2.73 bits per heavy atom. The molecule has 2 heteroatoms. The summed E-state index contributed by atoms with van der Waals surface area (Å²) in [5, 5.41) is 8.46. The summed E-state index contributed by atoms with van der Waals surface area (Å²) in [4.78, 5) is 0. The van der Waals surface area contributed by atoms with Gasteiger partial charge in [-0.3, -0.25) is 0 Å². The number of aliphatic hydroxyl groups excluding tert-OH is 1. The van der Waals surface area contributed by atoms with Crippen LogP contribution in [0.4, 0.5) is 0 Å². The molecule has 0 aromatic heterocycles. The van der Waals surface area contributed by atoms with Gasteiger partial charge in [0.25, 0.3) is 0 Å². The van der Waals surface area contributed by atoms with Gasteiger partial charge in [-0.15, -0.1) is 0 Å². The molecule has 0 amide bonds. The van der Waals surface area contributed by atoms with Gasteiger partial charge >= 0.3 is 0 Å². The number of aliphatic hydroxyl groups is 1. The lowest BCUT2D eigenvalue weighted by Crippen LogP contribution is -1.97. The molecule has 0 radical (unpaired) electrons. The normalized spacial score (nSPS) is 12.5. The van der Waals surface area contributed by atoms with Gasteiger partial charge in [0.2, 0.25) is 0 Å². The molecule has 0 bridgehead atoms. The van der Waals surface area contributed by atoms with Gasteiger partial charge in [-0.2, -0.15) is 0 Å². The first kappa shape index (κ1) is 10.2. The minimum Gasteiger partial charge on any atom is -0.492 e. The van der Waals surface area contributed by atoms with Crippen molar-refractivity contribution in [3.05, 3.63) is 24.0 Å². The first-order valence-electron chi connectivity index (χ1n) is 3.91. The molecule has 0 saturated heterocycles. The molecule has 0 aliphatic rings. The molecule has 0 heterocycles. The van der Waals surface area contributed by atoms with Crippen molar-refractivity contribution in [3.63, 3.8) is 0 Å².